The van der Waals surface area contributed by atoms with Crippen molar-refractivity contribution < 1.29 is 9.15 Å². The smallest absolute Gasteiger partial charge is 0.224 e. The highest BCUT2D eigenvalue weighted by molar-refractivity contribution is 6.36. The van der Waals surface area contributed by atoms with E-state index in [9.17, 15) is 0 Å². The molecule has 0 N–H and O–H groups in total. The molecule has 0 spiro atoms. The fourth-order valence-corrected chi connectivity index (χ4v) is 4.95. The largest absolute Gasteiger partial charge is 0.471 e. The summed E-state index contributed by atoms with van der Waals surface area (Å²) < 4.78 is 12.5. The average Bonchev–Trinajstić information content (AvgIpc) is 3.29. The second-order valence-electron chi connectivity index (χ2n) is 9.66. The van der Waals surface area contributed by atoms with Gasteiger partial charge in [0.15, 0.2) is 0 Å². The molecule has 35 heavy (non-hydrogen) atoms. The molecule has 1 unspecified atom stereocenters. The number of fused-ring (bicyclic) bond motifs is 1. The summed E-state index contributed by atoms with van der Waals surface area (Å²) in [6.07, 6.45) is 0.669. The Kier molecular flexibility index (Phi) is 6.28. The predicted octanol–water partition coefficient (Wildman–Crippen LogP) is 8.58. The Hall–Kier alpha value is -2.60. The molecule has 0 aliphatic carbocycles. The van der Waals surface area contributed by atoms with E-state index in [0.717, 1.165) is 22.3 Å². The number of rotatable bonds is 4. The van der Waals surface area contributed by atoms with Crippen LogP contribution in [0.5, 0.6) is 5.88 Å². The first-order valence-electron chi connectivity index (χ1n) is 11.4. The fourth-order valence-electron chi connectivity index (χ4n) is 4.33. The van der Waals surface area contributed by atoms with E-state index in [1.165, 1.54) is 0 Å². The summed E-state index contributed by atoms with van der Waals surface area (Å²) in [5.41, 5.74) is 3.69. The highest BCUT2D eigenvalue weighted by atomic mass is 35.5. The minimum Gasteiger partial charge on any atom is -0.471 e. The van der Waals surface area contributed by atoms with E-state index in [0.29, 0.717) is 44.8 Å². The van der Waals surface area contributed by atoms with Crippen molar-refractivity contribution in [1.82, 2.24) is 15.2 Å². The quantitative estimate of drug-likeness (QED) is 0.265. The molecule has 3 heterocycles. The SMILES string of the molecule is CC(C)c1nnc(C2CC(C)(C)Oc3nc(-c4ccc(Cl)cc4Cl)c(-c4ccc(Cl)cc4)cc32)o1. The maximum Gasteiger partial charge on any atom is 0.224 e. The van der Waals surface area contributed by atoms with Crippen LogP contribution in [0.3, 0.4) is 0 Å². The molecule has 0 fully saturated rings. The van der Waals surface area contributed by atoms with Gasteiger partial charge in [-0.3, -0.25) is 0 Å². The van der Waals surface area contributed by atoms with Gasteiger partial charge in [0.05, 0.1) is 16.6 Å². The van der Waals surface area contributed by atoms with E-state index in [4.69, 9.17) is 48.9 Å². The number of hydrogen-bond acceptors (Lipinski definition) is 5. The van der Waals surface area contributed by atoms with E-state index in [2.05, 4.69) is 16.3 Å². The Bertz CT molecular complexity index is 1400. The van der Waals surface area contributed by atoms with E-state index in [1.807, 2.05) is 58.0 Å². The molecule has 5 rings (SSSR count). The van der Waals surface area contributed by atoms with Gasteiger partial charge in [-0.15, -0.1) is 10.2 Å². The zero-order chi connectivity index (χ0) is 24.9. The Balaban J connectivity index is 1.75. The predicted molar refractivity (Wildman–Crippen MR) is 140 cm³/mol. The third kappa shape index (κ3) is 4.77. The first-order chi connectivity index (χ1) is 16.6. The monoisotopic (exact) mass is 527 g/mol. The van der Waals surface area contributed by atoms with Crippen LogP contribution >= 0.6 is 34.8 Å². The molecule has 4 aromatic rings. The topological polar surface area (TPSA) is 61.0 Å². The second kappa shape index (κ2) is 9.12. The third-order valence-corrected chi connectivity index (χ3v) is 6.85. The third-order valence-electron chi connectivity index (χ3n) is 6.05. The number of ether oxygens (including phenoxy) is 1. The van der Waals surface area contributed by atoms with Crippen LogP contribution in [0, 0.1) is 0 Å². The molecular weight excluding hydrogens is 505 g/mol. The van der Waals surface area contributed by atoms with Gasteiger partial charge in [-0.1, -0.05) is 60.8 Å². The normalized spacial score (nSPS) is 16.7. The Morgan fingerprint density at radius 3 is 2.29 bits per heavy atom. The lowest BCUT2D eigenvalue weighted by Gasteiger charge is -2.36. The maximum absolute atomic E-state index is 6.63. The van der Waals surface area contributed by atoms with Gasteiger partial charge in [-0.05, 0) is 55.8 Å². The van der Waals surface area contributed by atoms with E-state index >= 15 is 0 Å². The van der Waals surface area contributed by atoms with Crippen LogP contribution in [0.15, 0.2) is 52.9 Å². The molecule has 0 saturated carbocycles. The zero-order valence-corrected chi connectivity index (χ0v) is 22.0. The molecule has 0 bridgehead atoms. The zero-order valence-electron chi connectivity index (χ0n) is 19.8. The van der Waals surface area contributed by atoms with Crippen LogP contribution in [-0.2, 0) is 0 Å². The summed E-state index contributed by atoms with van der Waals surface area (Å²) in [6.45, 7) is 8.13. The summed E-state index contributed by atoms with van der Waals surface area (Å²) in [7, 11) is 0. The van der Waals surface area contributed by atoms with Gasteiger partial charge in [0, 0.05) is 39.1 Å². The number of aromatic nitrogens is 3. The second-order valence-corrected chi connectivity index (χ2v) is 10.9. The standard InChI is InChI=1S/C27H24Cl3N3O2/c1-14(2)24-32-33-26(34-24)21-13-27(3,4)35-25-20(21)12-19(15-5-7-16(28)8-6-15)23(31-25)18-10-9-17(29)11-22(18)30/h5-12,14,21H,13H2,1-4H3. The van der Waals surface area contributed by atoms with Crippen LogP contribution in [-0.4, -0.2) is 20.8 Å². The fraction of sp³-hybridized carbons (Fsp3) is 0.296. The van der Waals surface area contributed by atoms with Gasteiger partial charge >= 0.3 is 0 Å². The molecule has 5 nitrogen and oxygen atoms in total. The summed E-state index contributed by atoms with van der Waals surface area (Å²) in [5.74, 6) is 1.67. The van der Waals surface area contributed by atoms with Crippen LogP contribution in [0.2, 0.25) is 15.1 Å². The minimum atomic E-state index is -0.486. The molecule has 1 atom stereocenters. The maximum atomic E-state index is 6.63. The molecule has 1 aliphatic rings. The van der Waals surface area contributed by atoms with Crippen molar-refractivity contribution in [3.05, 3.63) is 80.9 Å². The van der Waals surface area contributed by atoms with Gasteiger partial charge in [0.1, 0.15) is 5.60 Å². The van der Waals surface area contributed by atoms with Crippen LogP contribution in [0.25, 0.3) is 22.4 Å². The molecule has 1 aliphatic heterocycles. The number of nitrogens with zero attached hydrogens (tertiary/aromatic N) is 3. The molecule has 0 saturated heterocycles. The summed E-state index contributed by atoms with van der Waals surface area (Å²) in [5, 5.41) is 10.4. The van der Waals surface area contributed by atoms with Crippen LogP contribution < -0.4 is 4.74 Å². The van der Waals surface area contributed by atoms with Crippen molar-refractivity contribution in [3.8, 4) is 28.3 Å². The molecule has 2 aromatic heterocycles. The van der Waals surface area contributed by atoms with Gasteiger partial charge in [0.25, 0.3) is 0 Å². The van der Waals surface area contributed by atoms with E-state index in [-0.39, 0.29) is 11.8 Å². The number of halogens is 3. The Morgan fingerprint density at radius 2 is 1.63 bits per heavy atom. The van der Waals surface area contributed by atoms with Crippen LogP contribution in [0.1, 0.15) is 63.3 Å². The van der Waals surface area contributed by atoms with Gasteiger partial charge in [-0.2, -0.15) is 0 Å². The highest BCUT2D eigenvalue weighted by Crippen LogP contribution is 2.47. The van der Waals surface area contributed by atoms with Crippen molar-refractivity contribution in [3.63, 3.8) is 0 Å². The highest BCUT2D eigenvalue weighted by Gasteiger charge is 2.39. The van der Waals surface area contributed by atoms with Crippen molar-refractivity contribution in [2.24, 2.45) is 0 Å². The lowest BCUT2D eigenvalue weighted by molar-refractivity contribution is 0.0674. The number of hydrogen-bond donors (Lipinski definition) is 0. The first-order valence-corrected chi connectivity index (χ1v) is 12.5. The summed E-state index contributed by atoms with van der Waals surface area (Å²) in [4.78, 5) is 5.01. The van der Waals surface area contributed by atoms with Gasteiger partial charge in [0.2, 0.25) is 17.7 Å². The average molecular weight is 529 g/mol. The summed E-state index contributed by atoms with van der Waals surface area (Å²) in [6, 6.07) is 15.1. The molecule has 2 aromatic carbocycles. The first kappa shape index (κ1) is 24.1. The number of pyridine rings is 1. The molecule has 180 valence electrons. The van der Waals surface area contributed by atoms with E-state index in [1.54, 1.807) is 12.1 Å². The van der Waals surface area contributed by atoms with Crippen molar-refractivity contribution in [1.29, 1.82) is 0 Å². The molecule has 8 heteroatoms. The molecule has 0 radical (unpaired) electrons. The Morgan fingerprint density at radius 1 is 0.914 bits per heavy atom. The lowest BCUT2D eigenvalue weighted by atomic mass is 9.83. The van der Waals surface area contributed by atoms with Crippen LogP contribution in [0.4, 0.5) is 0 Å². The lowest BCUT2D eigenvalue weighted by Crippen LogP contribution is -2.36. The van der Waals surface area contributed by atoms with Crippen molar-refractivity contribution in [2.75, 3.05) is 0 Å². The summed E-state index contributed by atoms with van der Waals surface area (Å²) >= 11 is 19.0. The van der Waals surface area contributed by atoms with Gasteiger partial charge < -0.3 is 9.15 Å². The molecule has 0 amide bonds. The molecular formula is C27H24Cl3N3O2. The van der Waals surface area contributed by atoms with Crippen molar-refractivity contribution in [2.45, 2.75) is 51.6 Å². The number of benzene rings is 2. The minimum absolute atomic E-state index is 0.140. The van der Waals surface area contributed by atoms with E-state index < -0.39 is 5.60 Å². The van der Waals surface area contributed by atoms with Crippen molar-refractivity contribution >= 4 is 34.8 Å². The Labute approximate surface area is 219 Å². The van der Waals surface area contributed by atoms with Gasteiger partial charge in [-0.25, -0.2) is 4.98 Å².